The van der Waals surface area contributed by atoms with Gasteiger partial charge >= 0.3 is 0 Å². The highest BCUT2D eigenvalue weighted by molar-refractivity contribution is 5.89. The average Bonchev–Trinajstić information content (AvgIpc) is 3.21. The lowest BCUT2D eigenvalue weighted by molar-refractivity contribution is 0.0972. The fourth-order valence-electron chi connectivity index (χ4n) is 2.31. The topological polar surface area (TPSA) is 119 Å². The lowest BCUT2D eigenvalue weighted by Crippen LogP contribution is -2.36. The van der Waals surface area contributed by atoms with Crippen LogP contribution in [0, 0.1) is 0 Å². The van der Waals surface area contributed by atoms with Crippen LogP contribution in [-0.4, -0.2) is 24.1 Å². The van der Waals surface area contributed by atoms with Crippen LogP contribution in [0.4, 0.5) is 0 Å². The van der Waals surface area contributed by atoms with Gasteiger partial charge in [0.2, 0.25) is 0 Å². The van der Waals surface area contributed by atoms with Crippen molar-refractivity contribution in [2.24, 2.45) is 10.7 Å². The quantitative estimate of drug-likeness (QED) is 0.520. The van der Waals surface area contributed by atoms with Gasteiger partial charge in [0.15, 0.2) is 11.7 Å². The number of primary amides is 1. The molecule has 0 aliphatic carbocycles. The molecule has 0 radical (unpaired) electrons. The number of aromatic nitrogens is 1. The molecule has 1 amide bonds. The Morgan fingerprint density at radius 2 is 2.00 bits per heavy atom. The van der Waals surface area contributed by atoms with Gasteiger partial charge in [-0.15, -0.1) is 0 Å². The minimum atomic E-state index is -0.588. The third-order valence-corrected chi connectivity index (χ3v) is 3.60. The van der Waals surface area contributed by atoms with Gasteiger partial charge in [0.05, 0.1) is 12.2 Å². The second-order valence-electron chi connectivity index (χ2n) is 5.15. The number of rotatable bonds is 7. The number of guanidine groups is 1. The molecule has 0 spiro atoms. The van der Waals surface area contributed by atoms with Gasteiger partial charge in [-0.3, -0.25) is 9.79 Å². The number of nitrogens with one attached hydrogen (secondary N) is 2. The van der Waals surface area contributed by atoms with E-state index < -0.39 is 5.91 Å². The van der Waals surface area contributed by atoms with Crippen LogP contribution in [0.3, 0.4) is 0 Å². The van der Waals surface area contributed by atoms with Crippen LogP contribution >= 0.6 is 0 Å². The molecule has 0 bridgehead atoms. The first kappa shape index (κ1) is 17.6. The van der Waals surface area contributed by atoms with Gasteiger partial charge in [-0.25, -0.2) is 0 Å². The molecule has 2 heterocycles. The Labute approximate surface area is 140 Å². The summed E-state index contributed by atoms with van der Waals surface area (Å²) < 4.78 is 10.7. The van der Waals surface area contributed by atoms with Crippen molar-refractivity contribution in [3.8, 4) is 0 Å². The zero-order valence-electron chi connectivity index (χ0n) is 14.2. The van der Waals surface area contributed by atoms with E-state index in [2.05, 4.69) is 20.8 Å². The maximum absolute atomic E-state index is 11.0. The predicted molar refractivity (Wildman–Crippen MR) is 89.5 cm³/mol. The average molecular weight is 333 g/mol. The minimum absolute atomic E-state index is 0.138. The van der Waals surface area contributed by atoms with Crippen molar-refractivity contribution >= 4 is 11.9 Å². The summed E-state index contributed by atoms with van der Waals surface area (Å²) in [7, 11) is 1.68. The molecule has 0 fully saturated rings. The Balaban J connectivity index is 1.93. The summed E-state index contributed by atoms with van der Waals surface area (Å²) in [4.78, 5) is 15.2. The second-order valence-corrected chi connectivity index (χ2v) is 5.15. The standard InChI is InChI=1S/C16H23N5O3/c1-4-12-11(13(5-2)24-21-12)9-20-16(18-3)19-8-10-6-7-14(23-10)15(17)22/h6-7H,4-5,8-9H2,1-3H3,(H2,17,22)(H2,18,19,20). The molecular formula is C16H23N5O3. The van der Waals surface area contributed by atoms with Crippen LogP contribution < -0.4 is 16.4 Å². The van der Waals surface area contributed by atoms with Crippen LogP contribution in [0.25, 0.3) is 0 Å². The smallest absolute Gasteiger partial charge is 0.284 e. The highest BCUT2D eigenvalue weighted by atomic mass is 16.5. The fourth-order valence-corrected chi connectivity index (χ4v) is 2.31. The number of nitrogens with two attached hydrogens (primary N) is 1. The Morgan fingerprint density at radius 1 is 1.25 bits per heavy atom. The first-order valence-electron chi connectivity index (χ1n) is 7.88. The summed E-state index contributed by atoms with van der Waals surface area (Å²) in [6.07, 6.45) is 1.60. The third kappa shape index (κ3) is 4.15. The molecule has 0 atom stereocenters. The van der Waals surface area contributed by atoms with Crippen molar-refractivity contribution in [2.75, 3.05) is 7.05 Å². The van der Waals surface area contributed by atoms with Gasteiger partial charge < -0.3 is 25.3 Å². The van der Waals surface area contributed by atoms with E-state index in [0.717, 1.165) is 29.9 Å². The SMILES string of the molecule is CCc1noc(CC)c1CNC(=NC)NCc1ccc(C(N)=O)o1. The van der Waals surface area contributed by atoms with Gasteiger partial charge in [-0.1, -0.05) is 19.0 Å². The lowest BCUT2D eigenvalue weighted by atomic mass is 10.1. The molecule has 4 N–H and O–H groups in total. The molecule has 0 saturated heterocycles. The summed E-state index contributed by atoms with van der Waals surface area (Å²) in [5.41, 5.74) is 7.18. The number of carbonyl (C=O) groups excluding carboxylic acids is 1. The first-order valence-corrected chi connectivity index (χ1v) is 7.88. The molecular weight excluding hydrogens is 310 g/mol. The number of carbonyl (C=O) groups is 1. The van der Waals surface area contributed by atoms with E-state index in [4.69, 9.17) is 14.7 Å². The van der Waals surface area contributed by atoms with Crippen molar-refractivity contribution in [1.82, 2.24) is 15.8 Å². The van der Waals surface area contributed by atoms with E-state index in [-0.39, 0.29) is 5.76 Å². The van der Waals surface area contributed by atoms with E-state index in [0.29, 0.717) is 24.8 Å². The van der Waals surface area contributed by atoms with Crippen molar-refractivity contribution in [3.63, 3.8) is 0 Å². The van der Waals surface area contributed by atoms with Gasteiger partial charge in [0, 0.05) is 25.6 Å². The predicted octanol–water partition coefficient (Wildman–Crippen LogP) is 1.36. The highest BCUT2D eigenvalue weighted by Crippen LogP contribution is 2.15. The summed E-state index contributed by atoms with van der Waals surface area (Å²) in [6.45, 7) is 5.03. The molecule has 0 aliphatic rings. The van der Waals surface area contributed by atoms with E-state index >= 15 is 0 Å². The number of nitrogens with zero attached hydrogens (tertiary/aromatic N) is 2. The Kier molecular flexibility index (Phi) is 6.00. The number of furan rings is 1. The molecule has 2 aromatic rings. The molecule has 0 unspecified atom stereocenters. The van der Waals surface area contributed by atoms with E-state index in [9.17, 15) is 4.79 Å². The summed E-state index contributed by atoms with van der Waals surface area (Å²) in [5, 5.41) is 10.4. The maximum atomic E-state index is 11.0. The largest absolute Gasteiger partial charge is 0.454 e. The zero-order chi connectivity index (χ0) is 17.5. The number of amides is 1. The molecule has 2 rings (SSSR count). The van der Waals surface area contributed by atoms with Crippen LogP contribution in [0.1, 0.15) is 47.2 Å². The molecule has 0 aromatic carbocycles. The minimum Gasteiger partial charge on any atom is -0.454 e. The molecule has 8 nitrogen and oxygen atoms in total. The van der Waals surface area contributed by atoms with E-state index in [1.54, 1.807) is 19.2 Å². The maximum Gasteiger partial charge on any atom is 0.284 e. The Bertz CT molecular complexity index is 696. The molecule has 0 saturated carbocycles. The van der Waals surface area contributed by atoms with Crippen molar-refractivity contribution in [1.29, 1.82) is 0 Å². The first-order chi connectivity index (χ1) is 11.6. The monoisotopic (exact) mass is 333 g/mol. The summed E-state index contributed by atoms with van der Waals surface area (Å²) in [5.74, 6) is 1.64. The molecule has 8 heteroatoms. The van der Waals surface area contributed by atoms with Gasteiger partial charge in [0.25, 0.3) is 5.91 Å². The van der Waals surface area contributed by atoms with Gasteiger partial charge in [-0.2, -0.15) is 0 Å². The van der Waals surface area contributed by atoms with Crippen molar-refractivity contribution in [2.45, 2.75) is 39.8 Å². The lowest BCUT2D eigenvalue weighted by Gasteiger charge is -2.11. The van der Waals surface area contributed by atoms with Crippen LogP contribution in [0.5, 0.6) is 0 Å². The molecule has 2 aromatic heterocycles. The van der Waals surface area contributed by atoms with Crippen LogP contribution in [-0.2, 0) is 25.9 Å². The normalized spacial score (nSPS) is 11.5. The fraction of sp³-hybridized carbons (Fsp3) is 0.438. The Hall–Kier alpha value is -2.77. The third-order valence-electron chi connectivity index (χ3n) is 3.60. The van der Waals surface area contributed by atoms with Gasteiger partial charge in [-0.05, 0) is 18.6 Å². The summed E-state index contributed by atoms with van der Waals surface area (Å²) in [6, 6.07) is 3.25. The number of hydrogen-bond acceptors (Lipinski definition) is 5. The number of aliphatic imine (C=N–C) groups is 1. The van der Waals surface area contributed by atoms with Crippen LogP contribution in [0.2, 0.25) is 0 Å². The molecule has 24 heavy (non-hydrogen) atoms. The van der Waals surface area contributed by atoms with Crippen molar-refractivity contribution < 1.29 is 13.7 Å². The number of aryl methyl sites for hydroxylation is 2. The number of hydrogen-bond donors (Lipinski definition) is 3. The van der Waals surface area contributed by atoms with Crippen molar-refractivity contribution in [3.05, 3.63) is 40.7 Å². The van der Waals surface area contributed by atoms with Gasteiger partial charge in [0.1, 0.15) is 11.5 Å². The molecule has 0 aliphatic heterocycles. The highest BCUT2D eigenvalue weighted by Gasteiger charge is 2.14. The van der Waals surface area contributed by atoms with E-state index in [1.807, 2.05) is 13.8 Å². The van der Waals surface area contributed by atoms with Crippen LogP contribution in [0.15, 0.2) is 26.1 Å². The zero-order valence-corrected chi connectivity index (χ0v) is 14.2. The Morgan fingerprint density at radius 3 is 2.58 bits per heavy atom. The molecule has 130 valence electrons. The summed E-state index contributed by atoms with van der Waals surface area (Å²) >= 11 is 0. The van der Waals surface area contributed by atoms with E-state index in [1.165, 1.54) is 0 Å². The second kappa shape index (κ2) is 8.19.